The number of fused-ring (bicyclic) bond motifs is 1. The fourth-order valence-electron chi connectivity index (χ4n) is 3.15. The predicted molar refractivity (Wildman–Crippen MR) is 102 cm³/mol. The first-order chi connectivity index (χ1) is 11.4. The largest absolute Gasteiger partial charge is 0.487 e. The van der Waals surface area contributed by atoms with Gasteiger partial charge >= 0.3 is 0 Å². The SMILES string of the molecule is Cc1sc(N)nc1-c1ccc2c(c1)N(CCCN(C)C)CC(C)O2. The van der Waals surface area contributed by atoms with Gasteiger partial charge in [-0.05, 0) is 59.1 Å². The highest BCUT2D eigenvalue weighted by Gasteiger charge is 2.23. The van der Waals surface area contributed by atoms with Crippen molar-refractivity contribution < 1.29 is 4.74 Å². The summed E-state index contributed by atoms with van der Waals surface area (Å²) < 4.78 is 6.02. The van der Waals surface area contributed by atoms with E-state index in [2.05, 4.69) is 60.9 Å². The van der Waals surface area contributed by atoms with Gasteiger partial charge in [0.05, 0.1) is 17.9 Å². The summed E-state index contributed by atoms with van der Waals surface area (Å²) in [6, 6.07) is 6.34. The Morgan fingerprint density at radius 2 is 2.21 bits per heavy atom. The molecular weight excluding hydrogens is 320 g/mol. The van der Waals surface area contributed by atoms with Gasteiger partial charge in [-0.25, -0.2) is 4.98 Å². The van der Waals surface area contributed by atoms with Gasteiger partial charge in [-0.3, -0.25) is 0 Å². The maximum Gasteiger partial charge on any atom is 0.180 e. The first-order valence-corrected chi connectivity index (χ1v) is 9.19. The Morgan fingerprint density at radius 3 is 2.88 bits per heavy atom. The Labute approximate surface area is 148 Å². The number of aromatic nitrogens is 1. The lowest BCUT2D eigenvalue weighted by atomic mass is 10.1. The second kappa shape index (κ2) is 6.99. The third-order valence-electron chi connectivity index (χ3n) is 4.23. The van der Waals surface area contributed by atoms with Gasteiger partial charge in [-0.15, -0.1) is 11.3 Å². The molecule has 5 nitrogen and oxygen atoms in total. The molecule has 2 heterocycles. The van der Waals surface area contributed by atoms with Crippen LogP contribution in [0.2, 0.25) is 0 Å². The standard InChI is InChI=1S/C18H26N4OS/c1-12-11-22(9-5-8-21(3)4)15-10-14(6-7-16(15)23-12)17-13(2)24-18(19)20-17/h6-7,10,12H,5,8-9,11H2,1-4H3,(H2,19,20). The molecule has 1 aromatic carbocycles. The number of aryl methyl sites for hydroxylation is 1. The van der Waals surface area contributed by atoms with Crippen molar-refractivity contribution >= 4 is 22.2 Å². The number of hydrogen-bond donors (Lipinski definition) is 1. The van der Waals surface area contributed by atoms with Crippen LogP contribution in [0.3, 0.4) is 0 Å². The highest BCUT2D eigenvalue weighted by atomic mass is 32.1. The first kappa shape index (κ1) is 17.0. The molecule has 130 valence electrons. The molecule has 0 saturated heterocycles. The van der Waals surface area contributed by atoms with E-state index in [0.29, 0.717) is 5.13 Å². The molecule has 2 N–H and O–H groups in total. The van der Waals surface area contributed by atoms with Crippen LogP contribution in [0.5, 0.6) is 5.75 Å². The monoisotopic (exact) mass is 346 g/mol. The molecule has 0 saturated carbocycles. The summed E-state index contributed by atoms with van der Waals surface area (Å²) >= 11 is 1.54. The lowest BCUT2D eigenvalue weighted by Crippen LogP contribution is -2.39. The maximum atomic E-state index is 6.02. The fourth-order valence-corrected chi connectivity index (χ4v) is 3.86. The summed E-state index contributed by atoms with van der Waals surface area (Å²) in [5.41, 5.74) is 9.11. The van der Waals surface area contributed by atoms with Crippen molar-refractivity contribution in [1.82, 2.24) is 9.88 Å². The van der Waals surface area contributed by atoms with Crippen molar-refractivity contribution in [3.05, 3.63) is 23.1 Å². The van der Waals surface area contributed by atoms with E-state index in [9.17, 15) is 0 Å². The van der Waals surface area contributed by atoms with Gasteiger partial charge in [-0.1, -0.05) is 0 Å². The second-order valence-electron chi connectivity index (χ2n) is 6.67. The van der Waals surface area contributed by atoms with Crippen LogP contribution < -0.4 is 15.4 Å². The Balaban J connectivity index is 1.89. The number of hydrogen-bond acceptors (Lipinski definition) is 6. The van der Waals surface area contributed by atoms with Crippen LogP contribution in [-0.2, 0) is 0 Å². The number of nitrogens with zero attached hydrogens (tertiary/aromatic N) is 3. The summed E-state index contributed by atoms with van der Waals surface area (Å²) in [5.74, 6) is 0.961. The molecule has 24 heavy (non-hydrogen) atoms. The van der Waals surface area contributed by atoms with Crippen LogP contribution >= 0.6 is 11.3 Å². The van der Waals surface area contributed by atoms with Gasteiger partial charge in [-0.2, -0.15) is 0 Å². The van der Waals surface area contributed by atoms with Crippen molar-refractivity contribution in [2.24, 2.45) is 0 Å². The molecule has 1 aliphatic heterocycles. The first-order valence-electron chi connectivity index (χ1n) is 8.37. The van der Waals surface area contributed by atoms with E-state index in [-0.39, 0.29) is 6.10 Å². The number of thiazole rings is 1. The molecule has 2 aromatic rings. The number of ether oxygens (including phenoxy) is 1. The highest BCUT2D eigenvalue weighted by molar-refractivity contribution is 7.15. The normalized spacial score (nSPS) is 17.0. The smallest absolute Gasteiger partial charge is 0.180 e. The number of anilines is 2. The molecule has 0 aliphatic carbocycles. The van der Waals surface area contributed by atoms with Gasteiger partial charge in [0.25, 0.3) is 0 Å². The van der Waals surface area contributed by atoms with Gasteiger partial charge in [0.1, 0.15) is 11.9 Å². The summed E-state index contributed by atoms with van der Waals surface area (Å²) in [7, 11) is 4.23. The van der Waals surface area contributed by atoms with Crippen LogP contribution in [-0.4, -0.2) is 49.7 Å². The Morgan fingerprint density at radius 1 is 1.42 bits per heavy atom. The van der Waals surface area contributed by atoms with Crippen molar-refractivity contribution in [3.63, 3.8) is 0 Å². The molecule has 1 aromatic heterocycles. The fraction of sp³-hybridized carbons (Fsp3) is 0.500. The quantitative estimate of drug-likeness (QED) is 0.901. The Kier molecular flexibility index (Phi) is 4.96. The third kappa shape index (κ3) is 3.65. The van der Waals surface area contributed by atoms with Crippen molar-refractivity contribution in [2.75, 3.05) is 44.4 Å². The minimum Gasteiger partial charge on any atom is -0.487 e. The molecule has 1 atom stereocenters. The van der Waals surface area contributed by atoms with E-state index < -0.39 is 0 Å². The van der Waals surface area contributed by atoms with Crippen LogP contribution in [0.15, 0.2) is 18.2 Å². The number of rotatable bonds is 5. The zero-order valence-electron chi connectivity index (χ0n) is 14.9. The summed E-state index contributed by atoms with van der Waals surface area (Å²) in [5, 5.41) is 0.618. The molecule has 0 amide bonds. The summed E-state index contributed by atoms with van der Waals surface area (Å²) in [6.07, 6.45) is 1.34. The average molecular weight is 347 g/mol. The van der Waals surface area contributed by atoms with Crippen LogP contribution in [0.25, 0.3) is 11.3 Å². The molecule has 0 radical (unpaired) electrons. The van der Waals surface area contributed by atoms with Gasteiger partial charge in [0, 0.05) is 17.0 Å². The van der Waals surface area contributed by atoms with Crippen molar-refractivity contribution in [1.29, 1.82) is 0 Å². The minimum atomic E-state index is 0.208. The van der Waals surface area contributed by atoms with E-state index in [1.54, 1.807) is 0 Å². The van der Waals surface area contributed by atoms with E-state index in [0.717, 1.165) is 53.6 Å². The molecule has 1 aliphatic rings. The van der Waals surface area contributed by atoms with E-state index in [1.807, 2.05) is 0 Å². The van der Waals surface area contributed by atoms with E-state index >= 15 is 0 Å². The predicted octanol–water partition coefficient (Wildman–Crippen LogP) is 3.24. The highest BCUT2D eigenvalue weighted by Crippen LogP contribution is 2.38. The molecule has 0 fully saturated rings. The topological polar surface area (TPSA) is 54.6 Å². The molecular formula is C18H26N4OS. The Bertz CT molecular complexity index is 713. The lowest BCUT2D eigenvalue weighted by molar-refractivity contribution is 0.212. The van der Waals surface area contributed by atoms with Gasteiger partial charge in [0.15, 0.2) is 5.13 Å². The van der Waals surface area contributed by atoms with Crippen molar-refractivity contribution in [2.45, 2.75) is 26.4 Å². The van der Waals surface area contributed by atoms with E-state index in [4.69, 9.17) is 10.5 Å². The third-order valence-corrected chi connectivity index (χ3v) is 5.03. The molecule has 1 unspecified atom stereocenters. The number of nitrogens with two attached hydrogens (primary N) is 1. The molecule has 0 spiro atoms. The van der Waals surface area contributed by atoms with Gasteiger partial charge < -0.3 is 20.3 Å². The maximum absolute atomic E-state index is 6.02. The van der Waals surface area contributed by atoms with Crippen LogP contribution in [0, 0.1) is 6.92 Å². The van der Waals surface area contributed by atoms with E-state index in [1.165, 1.54) is 11.3 Å². The van der Waals surface area contributed by atoms with Crippen LogP contribution in [0.1, 0.15) is 18.2 Å². The summed E-state index contributed by atoms with van der Waals surface area (Å²) in [4.78, 5) is 10.3. The zero-order valence-corrected chi connectivity index (χ0v) is 15.7. The number of benzene rings is 1. The molecule has 3 rings (SSSR count). The Hall–Kier alpha value is -1.79. The summed E-state index contributed by atoms with van der Waals surface area (Å²) in [6.45, 7) is 7.22. The second-order valence-corrected chi connectivity index (χ2v) is 7.91. The molecule has 0 bridgehead atoms. The zero-order chi connectivity index (χ0) is 17.3. The average Bonchev–Trinajstić information content (AvgIpc) is 2.85. The number of nitrogen functional groups attached to an aromatic ring is 1. The van der Waals surface area contributed by atoms with Gasteiger partial charge in [0.2, 0.25) is 0 Å². The lowest BCUT2D eigenvalue weighted by Gasteiger charge is -2.35. The minimum absolute atomic E-state index is 0.208. The van der Waals surface area contributed by atoms with Crippen molar-refractivity contribution in [3.8, 4) is 17.0 Å². The molecule has 6 heteroatoms. The van der Waals surface area contributed by atoms with Crippen LogP contribution in [0.4, 0.5) is 10.8 Å².